The molecule has 0 bridgehead atoms. The van der Waals surface area contributed by atoms with Crippen LogP contribution in [0.5, 0.6) is 0 Å². The van der Waals surface area contributed by atoms with Gasteiger partial charge in [0.05, 0.1) is 0 Å². The summed E-state index contributed by atoms with van der Waals surface area (Å²) in [5, 5.41) is 6.89. The van der Waals surface area contributed by atoms with Crippen molar-refractivity contribution in [3.8, 4) is 0 Å². The maximum Gasteiger partial charge on any atom is 0.0217 e. The average molecular weight is 170 g/mol. The molecule has 2 heteroatoms. The molecule has 2 rings (SSSR count). The summed E-state index contributed by atoms with van der Waals surface area (Å²) in [6, 6.07) is 0. The van der Waals surface area contributed by atoms with Gasteiger partial charge in [-0.2, -0.15) is 0 Å². The third-order valence-electron chi connectivity index (χ3n) is 2.66. The topological polar surface area (TPSA) is 24.1 Å². The smallest absolute Gasteiger partial charge is 0.0217 e. The van der Waals surface area contributed by atoms with Gasteiger partial charge in [-0.15, -0.1) is 0 Å². The van der Waals surface area contributed by atoms with Crippen LogP contribution in [0.3, 0.4) is 0 Å². The highest BCUT2D eigenvalue weighted by Gasteiger charge is 2.36. The van der Waals surface area contributed by atoms with Gasteiger partial charge in [-0.1, -0.05) is 20.3 Å². The minimum atomic E-state index is 0.589. The Bertz CT molecular complexity index is 111. The Morgan fingerprint density at radius 3 is 1.75 bits per heavy atom. The molecule has 0 aromatic heterocycles. The summed E-state index contributed by atoms with van der Waals surface area (Å²) in [4.78, 5) is 0. The second kappa shape index (κ2) is 4.83. The lowest BCUT2D eigenvalue weighted by atomic mass is 9.80. The van der Waals surface area contributed by atoms with Crippen LogP contribution >= 0.6 is 0 Å². The molecule has 2 fully saturated rings. The molecular formula is C10H22N2. The highest BCUT2D eigenvalue weighted by molar-refractivity contribution is 4.99. The van der Waals surface area contributed by atoms with Crippen LogP contribution in [-0.4, -0.2) is 25.2 Å². The van der Waals surface area contributed by atoms with Crippen molar-refractivity contribution in [3.05, 3.63) is 0 Å². The van der Waals surface area contributed by atoms with Crippen LogP contribution in [-0.2, 0) is 0 Å². The van der Waals surface area contributed by atoms with Crippen LogP contribution < -0.4 is 10.6 Å². The molecule has 12 heavy (non-hydrogen) atoms. The van der Waals surface area contributed by atoms with E-state index in [0.29, 0.717) is 5.54 Å². The fourth-order valence-electron chi connectivity index (χ4n) is 1.81. The second-order valence-electron chi connectivity index (χ2n) is 3.91. The monoisotopic (exact) mass is 170 g/mol. The van der Waals surface area contributed by atoms with Crippen molar-refractivity contribution in [1.29, 1.82) is 0 Å². The summed E-state index contributed by atoms with van der Waals surface area (Å²) >= 11 is 0. The summed E-state index contributed by atoms with van der Waals surface area (Å²) in [6.45, 7) is 7.93. The van der Waals surface area contributed by atoms with Crippen molar-refractivity contribution in [2.24, 2.45) is 0 Å². The van der Waals surface area contributed by atoms with E-state index in [-0.39, 0.29) is 0 Å². The largest absolute Gasteiger partial charge is 0.317 e. The van der Waals surface area contributed by atoms with Crippen LogP contribution in [0, 0.1) is 0 Å². The van der Waals surface area contributed by atoms with Crippen molar-refractivity contribution in [2.75, 3.05) is 19.6 Å². The fraction of sp³-hybridized carbons (Fsp3) is 1.00. The molecule has 0 aromatic rings. The molecule has 72 valence electrons. The SMILES string of the molecule is C1CC2(CCN1)CCN2.CCC. The number of nitrogens with one attached hydrogen (secondary N) is 2. The zero-order valence-corrected chi connectivity index (χ0v) is 8.45. The van der Waals surface area contributed by atoms with Crippen molar-refractivity contribution in [1.82, 2.24) is 10.6 Å². The molecule has 2 aliphatic rings. The van der Waals surface area contributed by atoms with Crippen LogP contribution in [0.1, 0.15) is 39.5 Å². The lowest BCUT2D eigenvalue weighted by Crippen LogP contribution is -2.61. The van der Waals surface area contributed by atoms with Gasteiger partial charge in [0, 0.05) is 5.54 Å². The van der Waals surface area contributed by atoms with E-state index in [4.69, 9.17) is 0 Å². The van der Waals surface area contributed by atoms with Gasteiger partial charge in [0.2, 0.25) is 0 Å². The molecule has 2 N–H and O–H groups in total. The van der Waals surface area contributed by atoms with Gasteiger partial charge in [0.1, 0.15) is 0 Å². The molecule has 2 saturated heterocycles. The molecule has 2 aliphatic heterocycles. The molecule has 0 radical (unpaired) electrons. The summed E-state index contributed by atoms with van der Waals surface area (Å²) < 4.78 is 0. The predicted octanol–water partition coefficient (Wildman–Crippen LogP) is 1.52. The molecule has 2 heterocycles. The van der Waals surface area contributed by atoms with Crippen LogP contribution in [0.15, 0.2) is 0 Å². The Morgan fingerprint density at radius 2 is 1.50 bits per heavy atom. The van der Waals surface area contributed by atoms with E-state index in [0.717, 1.165) is 0 Å². The van der Waals surface area contributed by atoms with E-state index in [9.17, 15) is 0 Å². The van der Waals surface area contributed by atoms with Crippen molar-refractivity contribution >= 4 is 0 Å². The van der Waals surface area contributed by atoms with E-state index < -0.39 is 0 Å². The van der Waals surface area contributed by atoms with Gasteiger partial charge in [0.25, 0.3) is 0 Å². The summed E-state index contributed by atoms with van der Waals surface area (Å²) in [5.41, 5.74) is 0.589. The Hall–Kier alpha value is -0.0800. The quantitative estimate of drug-likeness (QED) is 0.576. The number of hydrogen-bond acceptors (Lipinski definition) is 2. The Kier molecular flexibility index (Phi) is 4.02. The van der Waals surface area contributed by atoms with E-state index in [1.165, 1.54) is 45.3 Å². The minimum absolute atomic E-state index is 0.589. The van der Waals surface area contributed by atoms with Gasteiger partial charge in [-0.05, 0) is 38.9 Å². The lowest BCUT2D eigenvalue weighted by molar-refractivity contribution is 0.153. The molecule has 0 saturated carbocycles. The van der Waals surface area contributed by atoms with Crippen LogP contribution in [0.2, 0.25) is 0 Å². The van der Waals surface area contributed by atoms with Gasteiger partial charge in [-0.25, -0.2) is 0 Å². The Balaban J connectivity index is 0.000000213. The third kappa shape index (κ3) is 2.46. The van der Waals surface area contributed by atoms with Gasteiger partial charge >= 0.3 is 0 Å². The zero-order chi connectivity index (χ0) is 8.86. The summed E-state index contributed by atoms with van der Waals surface area (Å²) in [7, 11) is 0. The molecule has 1 spiro atoms. The van der Waals surface area contributed by atoms with Gasteiger partial charge < -0.3 is 10.6 Å². The molecule has 2 nitrogen and oxygen atoms in total. The molecule has 0 aromatic carbocycles. The van der Waals surface area contributed by atoms with E-state index in [2.05, 4.69) is 24.5 Å². The van der Waals surface area contributed by atoms with Crippen molar-refractivity contribution < 1.29 is 0 Å². The molecule has 0 atom stereocenters. The van der Waals surface area contributed by atoms with Crippen molar-refractivity contribution in [3.63, 3.8) is 0 Å². The maximum atomic E-state index is 3.52. The van der Waals surface area contributed by atoms with Crippen molar-refractivity contribution in [2.45, 2.75) is 45.1 Å². The number of hydrogen-bond donors (Lipinski definition) is 2. The first kappa shape index (κ1) is 10.0. The fourth-order valence-corrected chi connectivity index (χ4v) is 1.81. The van der Waals surface area contributed by atoms with Gasteiger partial charge in [-0.3, -0.25) is 0 Å². The van der Waals surface area contributed by atoms with Crippen LogP contribution in [0.25, 0.3) is 0 Å². The molecular weight excluding hydrogens is 148 g/mol. The highest BCUT2D eigenvalue weighted by Crippen LogP contribution is 2.27. The number of rotatable bonds is 0. The molecule has 0 unspecified atom stereocenters. The van der Waals surface area contributed by atoms with E-state index >= 15 is 0 Å². The highest BCUT2D eigenvalue weighted by atomic mass is 15.1. The standard InChI is InChI=1S/C7H14N2.C3H8/c1-4-8-5-2-7(1)3-6-9-7;1-3-2/h8-9H,1-6H2;3H2,1-2H3. The number of piperidine rings is 1. The molecule has 0 amide bonds. The zero-order valence-electron chi connectivity index (χ0n) is 8.45. The Labute approximate surface area is 76.1 Å². The average Bonchev–Trinajstić information content (AvgIpc) is 2.05. The lowest BCUT2D eigenvalue weighted by Gasteiger charge is -2.46. The minimum Gasteiger partial charge on any atom is -0.317 e. The van der Waals surface area contributed by atoms with E-state index in [1.807, 2.05) is 0 Å². The third-order valence-corrected chi connectivity index (χ3v) is 2.66. The first-order valence-corrected chi connectivity index (χ1v) is 5.29. The maximum absolute atomic E-state index is 3.52. The Morgan fingerprint density at radius 1 is 1.00 bits per heavy atom. The normalized spacial score (nSPS) is 25.5. The van der Waals surface area contributed by atoms with Gasteiger partial charge in [0.15, 0.2) is 0 Å². The van der Waals surface area contributed by atoms with Crippen LogP contribution in [0.4, 0.5) is 0 Å². The summed E-state index contributed by atoms with van der Waals surface area (Å²) in [5.74, 6) is 0. The second-order valence-corrected chi connectivity index (χ2v) is 3.91. The predicted molar refractivity (Wildman–Crippen MR) is 53.4 cm³/mol. The molecule has 0 aliphatic carbocycles. The van der Waals surface area contributed by atoms with E-state index in [1.54, 1.807) is 0 Å². The first-order valence-electron chi connectivity index (χ1n) is 5.29. The first-order chi connectivity index (χ1) is 5.83. The summed E-state index contributed by atoms with van der Waals surface area (Å²) in [6.07, 6.45) is 5.34.